The molecule has 2 N–H and O–H groups in total. The molecule has 3 heterocycles. The van der Waals surface area contributed by atoms with Gasteiger partial charge in [0.05, 0.1) is 5.60 Å². The third-order valence-electron chi connectivity index (χ3n) is 8.01. The molecule has 2 aliphatic heterocycles. The summed E-state index contributed by atoms with van der Waals surface area (Å²) < 4.78 is 11.0. The molecular formula is C29H37N3O4. The summed E-state index contributed by atoms with van der Waals surface area (Å²) in [5.74, 6) is 1.29. The van der Waals surface area contributed by atoms with E-state index in [1.54, 1.807) is 0 Å². The smallest absolute Gasteiger partial charge is 0.257 e. The lowest BCUT2D eigenvalue weighted by molar-refractivity contribution is -0.127. The van der Waals surface area contributed by atoms with E-state index in [-0.39, 0.29) is 5.41 Å². The summed E-state index contributed by atoms with van der Waals surface area (Å²) in [5, 5.41) is 27.4. The molecule has 0 unspecified atom stereocenters. The van der Waals surface area contributed by atoms with Gasteiger partial charge in [0.2, 0.25) is 0 Å². The van der Waals surface area contributed by atoms with Crippen LogP contribution in [0.2, 0.25) is 0 Å². The van der Waals surface area contributed by atoms with E-state index in [1.807, 2.05) is 24.3 Å². The Labute approximate surface area is 213 Å². The molecule has 1 aromatic heterocycles. The van der Waals surface area contributed by atoms with Crippen molar-refractivity contribution >= 4 is 0 Å². The first-order chi connectivity index (χ1) is 17.1. The van der Waals surface area contributed by atoms with Gasteiger partial charge in [-0.25, -0.2) is 0 Å². The zero-order valence-electron chi connectivity index (χ0n) is 21.7. The first kappa shape index (κ1) is 25.1. The molecule has 0 amide bonds. The van der Waals surface area contributed by atoms with Crippen LogP contribution >= 0.6 is 0 Å². The van der Waals surface area contributed by atoms with Crippen LogP contribution in [0.25, 0.3) is 11.5 Å². The van der Waals surface area contributed by atoms with Crippen molar-refractivity contribution in [2.45, 2.75) is 57.2 Å². The summed E-state index contributed by atoms with van der Waals surface area (Å²) >= 11 is 0. The van der Waals surface area contributed by atoms with Crippen LogP contribution in [0.15, 0.2) is 53.1 Å². The molecule has 36 heavy (non-hydrogen) atoms. The number of aromatic nitrogens is 2. The zero-order chi connectivity index (χ0) is 25.6. The molecule has 3 aromatic rings. The molecule has 2 aromatic carbocycles. The van der Waals surface area contributed by atoms with E-state index in [2.05, 4.69) is 67.1 Å². The standard InChI is InChI=1S/C29H37N3O4/c1-20(2)21-8-10-23(11-9-21)29(34,27(3)18-32(4)19-27)24-7-5-6-22(16-24)26-30-25(31-36-26)17-28(33)12-14-35-15-13-28/h5-11,16,20,33-34H,12-15,17-19H2,1-4H3/t29-/m0/s1. The highest BCUT2D eigenvalue weighted by atomic mass is 16.5. The van der Waals surface area contributed by atoms with Crippen molar-refractivity contribution in [3.05, 3.63) is 71.0 Å². The van der Waals surface area contributed by atoms with Crippen LogP contribution < -0.4 is 0 Å². The van der Waals surface area contributed by atoms with Crippen LogP contribution in [0, 0.1) is 5.41 Å². The lowest BCUT2D eigenvalue weighted by Gasteiger charge is -2.56. The maximum absolute atomic E-state index is 12.5. The number of ether oxygens (including phenoxy) is 1. The number of nitrogens with zero attached hydrogens (tertiary/aromatic N) is 3. The Hall–Kier alpha value is -2.58. The van der Waals surface area contributed by atoms with Gasteiger partial charge in [0.1, 0.15) is 5.60 Å². The van der Waals surface area contributed by atoms with Crippen LogP contribution in [-0.2, 0) is 16.8 Å². The predicted octanol–water partition coefficient (Wildman–Crippen LogP) is 4.13. The SMILES string of the molecule is CC(C)c1ccc([C@](O)(c2cccc(-c3nc(CC4(O)CCOCC4)no3)c2)C2(C)CN(C)C2)cc1. The highest BCUT2D eigenvalue weighted by Gasteiger charge is 2.55. The molecule has 0 aliphatic carbocycles. The summed E-state index contributed by atoms with van der Waals surface area (Å²) in [5.41, 5.74) is 1.27. The molecule has 0 spiro atoms. The molecule has 0 radical (unpaired) electrons. The highest BCUT2D eigenvalue weighted by Crippen LogP contribution is 2.50. The number of hydrogen-bond acceptors (Lipinski definition) is 7. The van der Waals surface area contributed by atoms with Crippen LogP contribution in [0.3, 0.4) is 0 Å². The Kier molecular flexibility index (Phi) is 6.53. The van der Waals surface area contributed by atoms with Gasteiger partial charge >= 0.3 is 0 Å². The Morgan fingerprint density at radius 2 is 1.75 bits per heavy atom. The van der Waals surface area contributed by atoms with Crippen molar-refractivity contribution < 1.29 is 19.5 Å². The quantitative estimate of drug-likeness (QED) is 0.513. The van der Waals surface area contributed by atoms with Gasteiger partial charge < -0.3 is 24.4 Å². The zero-order valence-corrected chi connectivity index (χ0v) is 21.7. The average molecular weight is 492 g/mol. The summed E-state index contributed by atoms with van der Waals surface area (Å²) in [7, 11) is 2.08. The van der Waals surface area contributed by atoms with Gasteiger partial charge in [-0.05, 0) is 41.8 Å². The molecule has 7 heteroatoms. The van der Waals surface area contributed by atoms with Gasteiger partial charge in [-0.3, -0.25) is 0 Å². The molecular weight excluding hydrogens is 454 g/mol. The second kappa shape index (κ2) is 9.38. The average Bonchev–Trinajstić information content (AvgIpc) is 3.31. The van der Waals surface area contributed by atoms with E-state index in [9.17, 15) is 10.2 Å². The van der Waals surface area contributed by atoms with Gasteiger partial charge in [0.25, 0.3) is 5.89 Å². The second-order valence-corrected chi connectivity index (χ2v) is 11.3. The van der Waals surface area contributed by atoms with E-state index in [0.29, 0.717) is 50.1 Å². The second-order valence-electron chi connectivity index (χ2n) is 11.3. The molecule has 1 atom stereocenters. The summed E-state index contributed by atoms with van der Waals surface area (Å²) in [6.07, 6.45) is 1.44. The van der Waals surface area contributed by atoms with Crippen LogP contribution in [0.4, 0.5) is 0 Å². The van der Waals surface area contributed by atoms with Gasteiger partial charge in [-0.2, -0.15) is 4.98 Å². The fourth-order valence-corrected chi connectivity index (χ4v) is 5.89. The molecule has 2 fully saturated rings. The van der Waals surface area contributed by atoms with E-state index >= 15 is 0 Å². The van der Waals surface area contributed by atoms with Gasteiger partial charge in [-0.1, -0.05) is 62.3 Å². The first-order valence-corrected chi connectivity index (χ1v) is 12.9. The molecule has 0 saturated carbocycles. The van der Waals surface area contributed by atoms with Crippen molar-refractivity contribution in [3.8, 4) is 11.5 Å². The van der Waals surface area contributed by atoms with E-state index in [4.69, 9.17) is 9.26 Å². The molecule has 2 saturated heterocycles. The van der Waals surface area contributed by atoms with Gasteiger partial charge in [0, 0.05) is 56.5 Å². The number of benzene rings is 2. The Balaban J connectivity index is 1.48. The summed E-state index contributed by atoms with van der Waals surface area (Å²) in [4.78, 5) is 6.81. The molecule has 2 aliphatic rings. The van der Waals surface area contributed by atoms with Crippen molar-refractivity contribution in [3.63, 3.8) is 0 Å². The maximum atomic E-state index is 12.5. The third kappa shape index (κ3) is 4.50. The summed E-state index contributed by atoms with van der Waals surface area (Å²) in [6.45, 7) is 9.13. The molecule has 0 bridgehead atoms. The third-order valence-corrected chi connectivity index (χ3v) is 8.01. The Bertz CT molecular complexity index is 1190. The van der Waals surface area contributed by atoms with Crippen LogP contribution in [-0.4, -0.2) is 64.2 Å². The number of likely N-dealkylation sites (tertiary alicyclic amines) is 1. The maximum Gasteiger partial charge on any atom is 0.257 e. The fourth-order valence-electron chi connectivity index (χ4n) is 5.89. The summed E-state index contributed by atoms with van der Waals surface area (Å²) in [6, 6.07) is 16.1. The van der Waals surface area contributed by atoms with Gasteiger partial charge in [0.15, 0.2) is 5.82 Å². The van der Waals surface area contributed by atoms with Crippen molar-refractivity contribution in [2.75, 3.05) is 33.4 Å². The van der Waals surface area contributed by atoms with E-state index in [0.717, 1.165) is 29.8 Å². The minimum absolute atomic E-state index is 0.329. The minimum Gasteiger partial charge on any atom is -0.389 e. The Morgan fingerprint density at radius 1 is 1.06 bits per heavy atom. The topological polar surface area (TPSA) is 91.9 Å². The molecule has 5 rings (SSSR count). The number of rotatable bonds is 7. The van der Waals surface area contributed by atoms with Crippen molar-refractivity contribution in [2.24, 2.45) is 5.41 Å². The number of aliphatic hydroxyl groups is 2. The van der Waals surface area contributed by atoms with Gasteiger partial charge in [-0.15, -0.1) is 0 Å². The highest BCUT2D eigenvalue weighted by molar-refractivity contribution is 5.56. The Morgan fingerprint density at radius 3 is 2.39 bits per heavy atom. The normalized spacial score (nSPS) is 21.2. The predicted molar refractivity (Wildman–Crippen MR) is 138 cm³/mol. The monoisotopic (exact) mass is 491 g/mol. The van der Waals surface area contributed by atoms with Crippen LogP contribution in [0.1, 0.15) is 62.0 Å². The van der Waals surface area contributed by atoms with Crippen molar-refractivity contribution in [1.29, 1.82) is 0 Å². The minimum atomic E-state index is -1.19. The van der Waals surface area contributed by atoms with E-state index < -0.39 is 11.2 Å². The fraction of sp³-hybridized carbons (Fsp3) is 0.517. The number of hydrogen-bond donors (Lipinski definition) is 2. The lowest BCUT2D eigenvalue weighted by Crippen LogP contribution is -2.63. The van der Waals surface area contributed by atoms with E-state index in [1.165, 1.54) is 5.56 Å². The first-order valence-electron chi connectivity index (χ1n) is 12.9. The van der Waals surface area contributed by atoms with Crippen LogP contribution in [0.5, 0.6) is 0 Å². The largest absolute Gasteiger partial charge is 0.389 e. The molecule has 7 nitrogen and oxygen atoms in total. The lowest BCUT2D eigenvalue weighted by atomic mass is 9.62. The molecule has 192 valence electrons. The van der Waals surface area contributed by atoms with Crippen molar-refractivity contribution in [1.82, 2.24) is 15.0 Å².